The zero-order chi connectivity index (χ0) is 15.5. The molecule has 2 N–H and O–H groups in total. The average molecular weight is 394 g/mol. The fraction of sp³-hybridized carbons (Fsp3) is 0.615. The molecule has 0 aliphatic heterocycles. The highest BCUT2D eigenvalue weighted by atomic mass is 79.9. The molecule has 1 aliphatic carbocycles. The van der Waals surface area contributed by atoms with E-state index in [-0.39, 0.29) is 10.9 Å². The van der Waals surface area contributed by atoms with Crippen LogP contribution < -0.4 is 10.0 Å². The highest BCUT2D eigenvalue weighted by molar-refractivity contribution is 9.10. The van der Waals surface area contributed by atoms with Gasteiger partial charge in [-0.3, -0.25) is 0 Å². The van der Waals surface area contributed by atoms with Gasteiger partial charge in [-0.05, 0) is 54.4 Å². The van der Waals surface area contributed by atoms with E-state index in [0.717, 1.165) is 19.3 Å². The Morgan fingerprint density at radius 1 is 1.48 bits per heavy atom. The summed E-state index contributed by atoms with van der Waals surface area (Å²) >= 11 is 5.09. The molecule has 0 radical (unpaired) electrons. The second-order valence-corrected chi connectivity index (χ2v) is 8.76. The summed E-state index contributed by atoms with van der Waals surface area (Å²) in [6.07, 6.45) is 6.51. The molecule has 1 saturated carbocycles. The lowest BCUT2D eigenvalue weighted by molar-refractivity contribution is 0.552. The minimum atomic E-state index is -3.56. The van der Waals surface area contributed by atoms with Crippen molar-refractivity contribution in [3.8, 4) is 0 Å². The van der Waals surface area contributed by atoms with Crippen LogP contribution in [0.15, 0.2) is 21.6 Å². The van der Waals surface area contributed by atoms with Crippen LogP contribution in [0.4, 0.5) is 5.82 Å². The molecule has 0 spiro atoms. The number of nitrogens with one attached hydrogen (secondary N) is 2. The maximum Gasteiger partial charge on any atom is 0.244 e. The number of thioether (sulfide) groups is 1. The van der Waals surface area contributed by atoms with Crippen molar-refractivity contribution >= 4 is 43.5 Å². The number of rotatable bonds is 6. The monoisotopic (exact) mass is 393 g/mol. The van der Waals surface area contributed by atoms with Crippen LogP contribution in [-0.4, -0.2) is 37.5 Å². The summed E-state index contributed by atoms with van der Waals surface area (Å²) in [6, 6.07) is 1.61. The van der Waals surface area contributed by atoms with Crippen molar-refractivity contribution in [2.45, 2.75) is 42.4 Å². The average Bonchev–Trinajstić information content (AvgIpc) is 2.88. The van der Waals surface area contributed by atoms with E-state index in [9.17, 15) is 8.42 Å². The van der Waals surface area contributed by atoms with E-state index in [1.54, 1.807) is 24.0 Å². The topological polar surface area (TPSA) is 71.1 Å². The van der Waals surface area contributed by atoms with Crippen LogP contribution in [0.2, 0.25) is 0 Å². The molecule has 0 saturated heterocycles. The van der Waals surface area contributed by atoms with E-state index >= 15 is 0 Å². The van der Waals surface area contributed by atoms with Gasteiger partial charge < -0.3 is 5.32 Å². The zero-order valence-corrected chi connectivity index (χ0v) is 15.3. The number of halogens is 1. The van der Waals surface area contributed by atoms with E-state index < -0.39 is 10.0 Å². The molecule has 2 atom stereocenters. The van der Waals surface area contributed by atoms with Crippen LogP contribution in [0.3, 0.4) is 0 Å². The summed E-state index contributed by atoms with van der Waals surface area (Å²) in [4.78, 5) is 4.36. The van der Waals surface area contributed by atoms with Crippen LogP contribution in [0.5, 0.6) is 0 Å². The van der Waals surface area contributed by atoms with Crippen molar-refractivity contribution in [3.05, 3.63) is 16.7 Å². The van der Waals surface area contributed by atoms with Crippen LogP contribution in [0.25, 0.3) is 0 Å². The summed E-state index contributed by atoms with van der Waals surface area (Å²) in [5.74, 6) is 0.396. The van der Waals surface area contributed by atoms with E-state index in [0.29, 0.717) is 22.1 Å². The predicted molar refractivity (Wildman–Crippen MR) is 91.4 cm³/mol. The van der Waals surface area contributed by atoms with Gasteiger partial charge in [0.1, 0.15) is 10.7 Å². The minimum absolute atomic E-state index is 0.0147. The van der Waals surface area contributed by atoms with Gasteiger partial charge in [-0.2, -0.15) is 11.8 Å². The third-order valence-corrected chi connectivity index (χ3v) is 6.56. The predicted octanol–water partition coefficient (Wildman–Crippen LogP) is 2.84. The molecule has 0 bridgehead atoms. The van der Waals surface area contributed by atoms with Crippen molar-refractivity contribution in [1.29, 1.82) is 0 Å². The lowest BCUT2D eigenvalue weighted by atomic mass is 10.3. The Morgan fingerprint density at radius 3 is 2.86 bits per heavy atom. The Bertz CT molecular complexity index is 595. The maximum absolute atomic E-state index is 12.6. The lowest BCUT2D eigenvalue weighted by Crippen LogP contribution is -2.33. The SMILES string of the molecule is CCNc1ncc(Br)cc1S(=O)(=O)NC1CCC(SC)C1. The Hall–Kier alpha value is -0.310. The van der Waals surface area contributed by atoms with Gasteiger partial charge in [-0.15, -0.1) is 0 Å². The van der Waals surface area contributed by atoms with Crippen molar-refractivity contribution < 1.29 is 8.42 Å². The molecular formula is C13H20BrN3O2S2. The van der Waals surface area contributed by atoms with Crippen molar-refractivity contribution in [2.24, 2.45) is 0 Å². The number of nitrogens with zero attached hydrogens (tertiary/aromatic N) is 1. The first-order chi connectivity index (χ1) is 9.96. The maximum atomic E-state index is 12.6. The van der Waals surface area contributed by atoms with Crippen LogP contribution >= 0.6 is 27.7 Å². The first-order valence-electron chi connectivity index (χ1n) is 6.90. The standard InChI is InChI=1S/C13H20BrN3O2S2/c1-3-15-13-12(6-9(14)8-16-13)21(18,19)17-10-4-5-11(7-10)20-2/h6,8,10-11,17H,3-5,7H2,1-2H3,(H,15,16). The van der Waals surface area contributed by atoms with Gasteiger partial charge in [0.15, 0.2) is 0 Å². The number of hydrogen-bond donors (Lipinski definition) is 2. The highest BCUT2D eigenvalue weighted by Gasteiger charge is 2.29. The second-order valence-electron chi connectivity index (χ2n) is 5.02. The highest BCUT2D eigenvalue weighted by Crippen LogP contribution is 2.30. The third kappa shape index (κ3) is 4.34. The summed E-state index contributed by atoms with van der Waals surface area (Å²) in [5, 5.41) is 3.55. The molecule has 1 aromatic heterocycles. The van der Waals surface area contributed by atoms with Crippen molar-refractivity contribution in [3.63, 3.8) is 0 Å². The Labute approximate surface area is 138 Å². The molecule has 5 nitrogen and oxygen atoms in total. The molecule has 0 amide bonds. The number of hydrogen-bond acceptors (Lipinski definition) is 5. The quantitative estimate of drug-likeness (QED) is 0.777. The third-order valence-electron chi connectivity index (χ3n) is 3.49. The molecule has 1 heterocycles. The Kier molecular flexibility index (Phi) is 5.93. The molecule has 21 heavy (non-hydrogen) atoms. The molecule has 2 rings (SSSR count). The van der Waals surface area contributed by atoms with Crippen molar-refractivity contribution in [2.75, 3.05) is 18.1 Å². The van der Waals surface area contributed by atoms with Crippen molar-refractivity contribution in [1.82, 2.24) is 9.71 Å². The van der Waals surface area contributed by atoms with Gasteiger partial charge in [0.05, 0.1) is 0 Å². The fourth-order valence-electron chi connectivity index (χ4n) is 2.47. The van der Waals surface area contributed by atoms with Crippen LogP contribution in [0, 0.1) is 0 Å². The molecule has 0 aromatic carbocycles. The summed E-state index contributed by atoms with van der Waals surface area (Å²) in [6.45, 7) is 2.53. The molecule has 1 aromatic rings. The summed E-state index contributed by atoms with van der Waals surface area (Å²) < 4.78 is 28.7. The fourth-order valence-corrected chi connectivity index (χ4v) is 5.19. The smallest absolute Gasteiger partial charge is 0.244 e. The Balaban J connectivity index is 2.21. The van der Waals surface area contributed by atoms with Gasteiger partial charge in [0.2, 0.25) is 10.0 Å². The van der Waals surface area contributed by atoms with Gasteiger partial charge in [-0.25, -0.2) is 18.1 Å². The van der Waals surface area contributed by atoms with E-state index in [4.69, 9.17) is 0 Å². The first-order valence-corrected chi connectivity index (χ1v) is 10.5. The Morgan fingerprint density at radius 2 is 2.24 bits per heavy atom. The molecule has 118 valence electrons. The number of pyridine rings is 1. The largest absolute Gasteiger partial charge is 0.369 e. The van der Waals surface area contributed by atoms with Gasteiger partial charge >= 0.3 is 0 Å². The molecule has 1 aliphatic rings. The lowest BCUT2D eigenvalue weighted by Gasteiger charge is -2.16. The summed E-state index contributed by atoms with van der Waals surface area (Å²) in [7, 11) is -3.56. The van der Waals surface area contributed by atoms with E-state index in [1.807, 2.05) is 6.92 Å². The number of anilines is 1. The number of sulfonamides is 1. The molecular weight excluding hydrogens is 374 g/mol. The van der Waals surface area contributed by atoms with Crippen LogP contribution in [0.1, 0.15) is 26.2 Å². The van der Waals surface area contributed by atoms with Gasteiger partial charge in [-0.1, -0.05) is 0 Å². The normalized spacial score (nSPS) is 22.4. The zero-order valence-electron chi connectivity index (χ0n) is 12.1. The van der Waals surface area contributed by atoms with E-state index in [1.165, 1.54) is 0 Å². The molecule has 8 heteroatoms. The minimum Gasteiger partial charge on any atom is -0.369 e. The molecule has 2 unspecified atom stereocenters. The molecule has 1 fully saturated rings. The second kappa shape index (κ2) is 7.30. The number of aromatic nitrogens is 1. The van der Waals surface area contributed by atoms with E-state index in [2.05, 4.69) is 37.2 Å². The van der Waals surface area contributed by atoms with Gasteiger partial charge in [0.25, 0.3) is 0 Å². The summed E-state index contributed by atoms with van der Waals surface area (Å²) in [5.41, 5.74) is 0. The van der Waals surface area contributed by atoms with Crippen LogP contribution in [-0.2, 0) is 10.0 Å². The van der Waals surface area contributed by atoms with Gasteiger partial charge in [0, 0.05) is 28.5 Å². The first kappa shape index (κ1) is 17.1.